The molecule has 12 nitrogen and oxygen atoms in total. The van der Waals surface area contributed by atoms with Crippen molar-refractivity contribution < 1.29 is 19.1 Å². The standard InChI is InChI=1S/C25H28N8O4/c1-36-19-9-15-12-33(23(35)16(15)10-20(19)37-2)24-29-21(30-31-24)22(34)28-17-11-26-6-3-18(17)32-7-4-25(5-8-32)13-27-14-25/h3,6,9-11,27H,4-5,7-8,12-14H2,1-2H3,(H,28,34)(H,29,30,31). The van der Waals surface area contributed by atoms with Crippen LogP contribution in [-0.2, 0) is 6.54 Å². The number of pyridine rings is 1. The van der Waals surface area contributed by atoms with Crippen LogP contribution in [0.5, 0.6) is 11.5 Å². The van der Waals surface area contributed by atoms with Gasteiger partial charge in [-0.3, -0.25) is 24.6 Å². The van der Waals surface area contributed by atoms with Gasteiger partial charge in [0.05, 0.1) is 38.3 Å². The van der Waals surface area contributed by atoms with Crippen molar-refractivity contribution in [2.75, 3.05) is 55.5 Å². The molecule has 0 saturated carbocycles. The van der Waals surface area contributed by atoms with Crippen molar-refractivity contribution in [3.63, 3.8) is 0 Å². The number of hydrogen-bond donors (Lipinski definition) is 3. The lowest BCUT2D eigenvalue weighted by atomic mass is 9.73. The number of carbonyl (C=O) groups excluding carboxylic acids is 2. The van der Waals surface area contributed by atoms with Crippen LogP contribution in [0.3, 0.4) is 0 Å². The third kappa shape index (κ3) is 4.02. The van der Waals surface area contributed by atoms with Gasteiger partial charge < -0.3 is 25.0 Å². The minimum Gasteiger partial charge on any atom is -0.493 e. The number of piperidine rings is 1. The van der Waals surface area contributed by atoms with Gasteiger partial charge in [-0.25, -0.2) is 0 Å². The number of fused-ring (bicyclic) bond motifs is 1. The maximum atomic E-state index is 13.1. The molecule has 2 aromatic heterocycles. The largest absolute Gasteiger partial charge is 0.493 e. The van der Waals surface area contributed by atoms with Gasteiger partial charge in [-0.1, -0.05) is 0 Å². The first-order chi connectivity index (χ1) is 18.0. The highest BCUT2D eigenvalue weighted by Crippen LogP contribution is 2.38. The zero-order chi connectivity index (χ0) is 25.6. The van der Waals surface area contributed by atoms with E-state index in [1.54, 1.807) is 31.6 Å². The lowest BCUT2D eigenvalue weighted by Gasteiger charge is -2.49. The number of amides is 2. The van der Waals surface area contributed by atoms with Gasteiger partial charge in [0.2, 0.25) is 5.82 Å². The Labute approximate surface area is 213 Å². The Morgan fingerprint density at radius 1 is 1.14 bits per heavy atom. The van der Waals surface area contributed by atoms with E-state index in [1.165, 1.54) is 12.0 Å². The Kier molecular flexibility index (Phi) is 5.67. The fourth-order valence-electron chi connectivity index (χ4n) is 5.27. The number of rotatable bonds is 6. The molecule has 0 aliphatic carbocycles. The molecule has 37 heavy (non-hydrogen) atoms. The topological polar surface area (TPSA) is 138 Å². The lowest BCUT2D eigenvalue weighted by molar-refractivity contribution is 0.0990. The highest BCUT2D eigenvalue weighted by Gasteiger charge is 2.40. The molecule has 1 spiro atoms. The van der Waals surface area contributed by atoms with Gasteiger partial charge >= 0.3 is 0 Å². The second-order valence-corrected chi connectivity index (χ2v) is 9.68. The number of aromatic nitrogens is 4. The number of ether oxygens (including phenoxy) is 2. The summed E-state index contributed by atoms with van der Waals surface area (Å²) >= 11 is 0. The maximum absolute atomic E-state index is 13.1. The van der Waals surface area contributed by atoms with Crippen molar-refractivity contribution in [1.82, 2.24) is 25.5 Å². The molecular formula is C25H28N8O4. The zero-order valence-electron chi connectivity index (χ0n) is 20.7. The minimum atomic E-state index is -0.461. The molecule has 3 N–H and O–H groups in total. The number of hydrogen-bond acceptors (Lipinski definition) is 9. The summed E-state index contributed by atoms with van der Waals surface area (Å²) < 4.78 is 10.7. The molecule has 3 aromatic rings. The van der Waals surface area contributed by atoms with E-state index in [-0.39, 0.29) is 24.2 Å². The Bertz CT molecular complexity index is 1360. The number of H-pyrrole nitrogens is 1. The number of methoxy groups -OCH3 is 2. The van der Waals surface area contributed by atoms with Gasteiger partial charge in [0, 0.05) is 37.9 Å². The van der Waals surface area contributed by atoms with Crippen molar-refractivity contribution in [1.29, 1.82) is 0 Å². The number of nitrogens with zero attached hydrogens (tertiary/aromatic N) is 5. The van der Waals surface area contributed by atoms with Gasteiger partial charge in [0.25, 0.3) is 17.8 Å². The normalized spacial score (nSPS) is 17.9. The molecule has 0 unspecified atom stereocenters. The maximum Gasteiger partial charge on any atom is 0.293 e. The van der Waals surface area contributed by atoms with Gasteiger partial charge in [-0.2, -0.15) is 4.98 Å². The molecule has 5 heterocycles. The van der Waals surface area contributed by atoms with Crippen LogP contribution in [0.1, 0.15) is 39.4 Å². The Morgan fingerprint density at radius 3 is 2.59 bits per heavy atom. The van der Waals surface area contributed by atoms with Crippen LogP contribution in [0.2, 0.25) is 0 Å². The summed E-state index contributed by atoms with van der Waals surface area (Å²) in [5, 5.41) is 13.1. The smallest absolute Gasteiger partial charge is 0.293 e. The highest BCUT2D eigenvalue weighted by molar-refractivity contribution is 6.10. The van der Waals surface area contributed by atoms with Gasteiger partial charge in [0.15, 0.2) is 11.5 Å². The van der Waals surface area contributed by atoms with E-state index in [1.807, 2.05) is 6.07 Å². The summed E-state index contributed by atoms with van der Waals surface area (Å²) in [5.41, 5.74) is 3.20. The molecule has 1 aromatic carbocycles. The number of nitrogens with one attached hydrogen (secondary N) is 3. The van der Waals surface area contributed by atoms with Crippen molar-refractivity contribution >= 4 is 29.1 Å². The summed E-state index contributed by atoms with van der Waals surface area (Å²) in [7, 11) is 3.06. The van der Waals surface area contributed by atoms with Crippen LogP contribution in [0.15, 0.2) is 30.6 Å². The second-order valence-electron chi connectivity index (χ2n) is 9.68. The molecule has 3 aliphatic heterocycles. The summed E-state index contributed by atoms with van der Waals surface area (Å²) in [6, 6.07) is 5.33. The SMILES string of the molecule is COc1cc2c(cc1OC)C(=O)N(c1n[nH]c(C(=O)Nc3cnccc3N3CCC4(CC3)CNC4)n1)C2. The number of benzene rings is 1. The molecule has 3 aliphatic rings. The number of aromatic amines is 1. The van der Waals surface area contributed by atoms with Crippen molar-refractivity contribution in [3.05, 3.63) is 47.5 Å². The quantitative estimate of drug-likeness (QED) is 0.459. The monoisotopic (exact) mass is 504 g/mol. The molecule has 192 valence electrons. The predicted octanol–water partition coefficient (Wildman–Crippen LogP) is 1.82. The van der Waals surface area contributed by atoms with Crippen molar-refractivity contribution in [2.45, 2.75) is 19.4 Å². The number of carbonyl (C=O) groups is 2. The molecule has 2 fully saturated rings. The predicted molar refractivity (Wildman–Crippen MR) is 135 cm³/mol. The first kappa shape index (κ1) is 23.2. The van der Waals surface area contributed by atoms with E-state index in [2.05, 4.69) is 35.7 Å². The molecule has 0 radical (unpaired) electrons. The fraction of sp³-hybridized carbons (Fsp3) is 0.400. The van der Waals surface area contributed by atoms with Gasteiger partial charge in [-0.05, 0) is 42.0 Å². The van der Waals surface area contributed by atoms with Gasteiger partial charge in [-0.15, -0.1) is 5.10 Å². The van der Waals surface area contributed by atoms with Crippen LogP contribution in [0, 0.1) is 5.41 Å². The van der Waals surface area contributed by atoms with Crippen LogP contribution in [-0.4, -0.2) is 72.4 Å². The van der Waals surface area contributed by atoms with E-state index in [0.717, 1.165) is 50.3 Å². The first-order valence-electron chi connectivity index (χ1n) is 12.2. The van der Waals surface area contributed by atoms with E-state index in [9.17, 15) is 9.59 Å². The number of anilines is 3. The van der Waals surface area contributed by atoms with Crippen LogP contribution >= 0.6 is 0 Å². The third-order valence-electron chi connectivity index (χ3n) is 7.55. The molecule has 6 rings (SSSR count). The molecular weight excluding hydrogens is 476 g/mol. The summed E-state index contributed by atoms with van der Waals surface area (Å²) in [6.45, 7) is 4.27. The second kappa shape index (κ2) is 9.04. The average molecular weight is 505 g/mol. The third-order valence-corrected chi connectivity index (χ3v) is 7.55. The molecule has 2 saturated heterocycles. The zero-order valence-corrected chi connectivity index (χ0v) is 20.7. The molecule has 0 bridgehead atoms. The van der Waals surface area contributed by atoms with Crippen LogP contribution in [0.4, 0.5) is 17.3 Å². The van der Waals surface area contributed by atoms with Crippen molar-refractivity contribution in [3.8, 4) is 11.5 Å². The molecule has 0 atom stereocenters. The summed E-state index contributed by atoms with van der Waals surface area (Å²) in [4.78, 5) is 38.3. The van der Waals surface area contributed by atoms with E-state index >= 15 is 0 Å². The highest BCUT2D eigenvalue weighted by atomic mass is 16.5. The average Bonchev–Trinajstić information content (AvgIpc) is 3.52. The Balaban J connectivity index is 1.17. The van der Waals surface area contributed by atoms with Gasteiger partial charge in [0.1, 0.15) is 0 Å². The van der Waals surface area contributed by atoms with Crippen LogP contribution < -0.4 is 29.9 Å². The summed E-state index contributed by atoms with van der Waals surface area (Å²) in [6.07, 6.45) is 5.60. The Hall–Kier alpha value is -4.19. The minimum absolute atomic E-state index is 0.00172. The molecule has 12 heteroatoms. The summed E-state index contributed by atoms with van der Waals surface area (Å²) in [5.74, 6) is 0.379. The Morgan fingerprint density at radius 2 is 1.89 bits per heavy atom. The fourth-order valence-corrected chi connectivity index (χ4v) is 5.27. The first-order valence-corrected chi connectivity index (χ1v) is 12.2. The molecule has 2 amide bonds. The lowest BCUT2D eigenvalue weighted by Crippen LogP contribution is -2.58. The van der Waals surface area contributed by atoms with Crippen LogP contribution in [0.25, 0.3) is 0 Å². The van der Waals surface area contributed by atoms with Crippen molar-refractivity contribution in [2.24, 2.45) is 5.41 Å². The van der Waals surface area contributed by atoms with E-state index in [4.69, 9.17) is 9.47 Å². The van der Waals surface area contributed by atoms with E-state index in [0.29, 0.717) is 28.2 Å². The van der Waals surface area contributed by atoms with E-state index < -0.39 is 5.91 Å².